The van der Waals surface area contributed by atoms with E-state index < -0.39 is 0 Å². The van der Waals surface area contributed by atoms with Gasteiger partial charge in [0.05, 0.1) is 6.61 Å². The summed E-state index contributed by atoms with van der Waals surface area (Å²) in [7, 11) is 2.13. The third-order valence-electron chi connectivity index (χ3n) is 4.04. The van der Waals surface area contributed by atoms with Crippen LogP contribution in [0, 0.1) is 11.3 Å². The Morgan fingerprint density at radius 1 is 1.47 bits per heavy atom. The molecule has 2 aliphatic rings. The average Bonchev–Trinajstić information content (AvgIpc) is 2.73. The summed E-state index contributed by atoms with van der Waals surface area (Å²) in [5.74, 6) is 1.71. The van der Waals surface area contributed by atoms with Gasteiger partial charge in [0.15, 0.2) is 5.96 Å². The van der Waals surface area contributed by atoms with Crippen molar-refractivity contribution < 1.29 is 4.74 Å². The summed E-state index contributed by atoms with van der Waals surface area (Å²) in [5.41, 5.74) is 0.436. The van der Waals surface area contributed by atoms with E-state index in [4.69, 9.17) is 4.74 Å². The van der Waals surface area contributed by atoms with E-state index in [1.807, 2.05) is 0 Å². The van der Waals surface area contributed by atoms with Crippen LogP contribution in [0.4, 0.5) is 0 Å². The quantitative estimate of drug-likeness (QED) is 0.462. The molecule has 19 heavy (non-hydrogen) atoms. The van der Waals surface area contributed by atoms with Crippen LogP contribution in [-0.2, 0) is 4.74 Å². The summed E-state index contributed by atoms with van der Waals surface area (Å²) in [6, 6.07) is 0.588. The molecule has 0 aromatic carbocycles. The van der Waals surface area contributed by atoms with E-state index in [1.165, 1.54) is 12.8 Å². The predicted molar refractivity (Wildman–Crippen MR) is 90.3 cm³/mol. The Bertz CT molecular complexity index is 314. The number of nitrogens with one attached hydrogen (secondary N) is 1. The topological polar surface area (TPSA) is 36.9 Å². The minimum absolute atomic E-state index is 0. The van der Waals surface area contributed by atoms with Crippen molar-refractivity contribution >= 4 is 29.9 Å². The Morgan fingerprint density at radius 2 is 2.16 bits per heavy atom. The molecule has 4 nitrogen and oxygen atoms in total. The molecule has 1 heterocycles. The fraction of sp³-hybridized carbons (Fsp3) is 0.929. The second kappa shape index (κ2) is 7.11. The Balaban J connectivity index is 0.00000180. The monoisotopic (exact) mass is 381 g/mol. The lowest BCUT2D eigenvalue weighted by Crippen LogP contribution is -2.43. The van der Waals surface area contributed by atoms with Crippen molar-refractivity contribution in [3.8, 4) is 0 Å². The van der Waals surface area contributed by atoms with Crippen LogP contribution >= 0.6 is 24.0 Å². The van der Waals surface area contributed by atoms with Gasteiger partial charge < -0.3 is 15.0 Å². The number of ether oxygens (including phenoxy) is 1. The molecule has 1 saturated carbocycles. The summed E-state index contributed by atoms with van der Waals surface area (Å²) >= 11 is 0. The fourth-order valence-corrected chi connectivity index (χ4v) is 2.50. The number of hydrogen-bond acceptors (Lipinski definition) is 2. The first kappa shape index (κ1) is 17.0. The van der Waals surface area contributed by atoms with E-state index >= 15 is 0 Å². The van der Waals surface area contributed by atoms with Gasteiger partial charge in [0, 0.05) is 38.7 Å². The van der Waals surface area contributed by atoms with Gasteiger partial charge in [-0.3, -0.25) is 4.99 Å². The van der Waals surface area contributed by atoms with Crippen molar-refractivity contribution in [3.05, 3.63) is 0 Å². The summed E-state index contributed by atoms with van der Waals surface area (Å²) in [5, 5.41) is 3.59. The zero-order valence-electron chi connectivity index (χ0n) is 12.6. The molecule has 2 rings (SSSR count). The van der Waals surface area contributed by atoms with E-state index in [1.54, 1.807) is 0 Å². The molecule has 0 spiro atoms. The van der Waals surface area contributed by atoms with Crippen molar-refractivity contribution in [2.45, 2.75) is 39.7 Å². The lowest BCUT2D eigenvalue weighted by molar-refractivity contribution is 0.181. The van der Waals surface area contributed by atoms with Crippen LogP contribution in [0.5, 0.6) is 0 Å². The Labute approximate surface area is 134 Å². The largest absolute Gasteiger partial charge is 0.381 e. The molecule has 0 aromatic rings. The maximum absolute atomic E-state index is 5.44. The van der Waals surface area contributed by atoms with Crippen molar-refractivity contribution in [2.75, 3.05) is 33.4 Å². The zero-order valence-corrected chi connectivity index (χ0v) is 14.9. The van der Waals surface area contributed by atoms with Crippen molar-refractivity contribution in [1.82, 2.24) is 10.2 Å². The van der Waals surface area contributed by atoms with Gasteiger partial charge in [-0.2, -0.15) is 0 Å². The molecule has 5 heteroatoms. The molecule has 1 aliphatic heterocycles. The van der Waals surface area contributed by atoms with Gasteiger partial charge in [-0.05, 0) is 25.2 Å². The van der Waals surface area contributed by atoms with Crippen molar-refractivity contribution in [1.29, 1.82) is 0 Å². The number of hydrogen-bond donors (Lipinski definition) is 1. The molecule has 112 valence electrons. The van der Waals surface area contributed by atoms with E-state index in [0.29, 0.717) is 17.4 Å². The number of nitrogens with zero attached hydrogens (tertiary/aromatic N) is 2. The van der Waals surface area contributed by atoms with Crippen LogP contribution in [0.1, 0.15) is 33.6 Å². The van der Waals surface area contributed by atoms with Crippen molar-refractivity contribution in [2.24, 2.45) is 16.3 Å². The first-order valence-corrected chi connectivity index (χ1v) is 7.13. The van der Waals surface area contributed by atoms with Gasteiger partial charge in [0.2, 0.25) is 0 Å². The van der Waals surface area contributed by atoms with Crippen LogP contribution in [-0.4, -0.2) is 50.3 Å². The number of guanidine groups is 1. The van der Waals surface area contributed by atoms with Crippen LogP contribution in [0.15, 0.2) is 4.99 Å². The highest BCUT2D eigenvalue weighted by Crippen LogP contribution is 2.44. The first-order chi connectivity index (χ1) is 8.53. The zero-order chi connectivity index (χ0) is 13.2. The number of aliphatic imine (C=N–C) groups is 1. The van der Waals surface area contributed by atoms with E-state index in [2.05, 4.69) is 43.0 Å². The smallest absolute Gasteiger partial charge is 0.193 e. The molecule has 1 N–H and O–H groups in total. The molecule has 0 amide bonds. The van der Waals surface area contributed by atoms with Gasteiger partial charge in [-0.25, -0.2) is 0 Å². The Hall–Kier alpha value is -0.0400. The average molecular weight is 381 g/mol. The number of halogens is 1. The maximum Gasteiger partial charge on any atom is 0.193 e. The molecule has 1 saturated heterocycles. The molecule has 2 unspecified atom stereocenters. The highest BCUT2D eigenvalue weighted by molar-refractivity contribution is 14.0. The van der Waals surface area contributed by atoms with Gasteiger partial charge >= 0.3 is 0 Å². The minimum Gasteiger partial charge on any atom is -0.381 e. The summed E-state index contributed by atoms with van der Waals surface area (Å²) in [6.07, 6.45) is 2.43. The standard InChI is InChI=1S/C14H27N3O.HI/c1-5-15-13(16-12-8-14(12,2)3)17(4)9-11-6-7-18-10-11;/h11-12H,5-10H2,1-4H3,(H,15,16);1H. The fourth-order valence-electron chi connectivity index (χ4n) is 2.50. The molecule has 2 fully saturated rings. The molecule has 0 bridgehead atoms. The van der Waals surface area contributed by atoms with Crippen LogP contribution < -0.4 is 5.32 Å². The van der Waals surface area contributed by atoms with Gasteiger partial charge in [0.25, 0.3) is 0 Å². The van der Waals surface area contributed by atoms with Crippen LogP contribution in [0.25, 0.3) is 0 Å². The lowest BCUT2D eigenvalue weighted by atomic mass is 10.1. The Kier molecular flexibility index (Phi) is 6.36. The van der Waals surface area contributed by atoms with Crippen molar-refractivity contribution in [3.63, 3.8) is 0 Å². The molecular formula is C14H28IN3O. The maximum atomic E-state index is 5.44. The van der Waals surface area contributed by atoms with Gasteiger partial charge in [-0.1, -0.05) is 13.8 Å². The van der Waals surface area contributed by atoms with E-state index in [0.717, 1.165) is 32.3 Å². The van der Waals surface area contributed by atoms with Crippen LogP contribution in [0.2, 0.25) is 0 Å². The third kappa shape index (κ3) is 4.77. The third-order valence-corrected chi connectivity index (χ3v) is 4.04. The van der Waals surface area contributed by atoms with Crippen LogP contribution in [0.3, 0.4) is 0 Å². The molecule has 1 aliphatic carbocycles. The molecular weight excluding hydrogens is 353 g/mol. The predicted octanol–water partition coefficient (Wildman–Crippen LogP) is 2.34. The lowest BCUT2D eigenvalue weighted by Gasteiger charge is -2.25. The van der Waals surface area contributed by atoms with E-state index in [-0.39, 0.29) is 24.0 Å². The van der Waals surface area contributed by atoms with Gasteiger partial charge in [0.1, 0.15) is 0 Å². The number of rotatable bonds is 4. The molecule has 0 radical (unpaired) electrons. The highest BCUT2D eigenvalue weighted by atomic mass is 127. The SMILES string of the molecule is CCN=C(NC1CC1(C)C)N(C)CC1CCOC1.I. The normalized spacial score (nSPS) is 28.7. The summed E-state index contributed by atoms with van der Waals surface area (Å²) in [4.78, 5) is 6.86. The summed E-state index contributed by atoms with van der Waals surface area (Å²) in [6.45, 7) is 10.4. The summed E-state index contributed by atoms with van der Waals surface area (Å²) < 4.78 is 5.44. The minimum atomic E-state index is 0. The van der Waals surface area contributed by atoms with Gasteiger partial charge in [-0.15, -0.1) is 24.0 Å². The second-order valence-electron chi connectivity index (χ2n) is 6.30. The second-order valence-corrected chi connectivity index (χ2v) is 6.30. The molecule has 0 aromatic heterocycles. The Morgan fingerprint density at radius 3 is 2.63 bits per heavy atom. The first-order valence-electron chi connectivity index (χ1n) is 7.13. The molecule has 2 atom stereocenters. The van der Waals surface area contributed by atoms with E-state index in [9.17, 15) is 0 Å². The highest BCUT2D eigenvalue weighted by Gasteiger charge is 2.46.